The first kappa shape index (κ1) is 13.5. The second kappa shape index (κ2) is 3.44. The van der Waals surface area contributed by atoms with Crippen LogP contribution >= 0.6 is 0 Å². The van der Waals surface area contributed by atoms with Crippen LogP contribution in [0, 0.1) is 29.1 Å². The Balaban J connectivity index is 3.80. The fourth-order valence-electron chi connectivity index (χ4n) is 0.999. The third-order valence-corrected chi connectivity index (χ3v) is 4.84. The van der Waals surface area contributed by atoms with Crippen LogP contribution in [0.5, 0.6) is 0 Å². The number of benzene rings is 1. The molecule has 1 aromatic carbocycles. The van der Waals surface area contributed by atoms with Gasteiger partial charge in [0.25, 0.3) is 0 Å². The van der Waals surface area contributed by atoms with E-state index in [0.717, 1.165) is 0 Å². The fraction of sp³-hybridized carbons (Fsp3) is 0. The van der Waals surface area contributed by atoms with Crippen LogP contribution in [0.2, 0.25) is 0 Å². The van der Waals surface area contributed by atoms with E-state index in [1.165, 1.54) is 0 Å². The molecule has 1 rings (SSSR count). The molecular weight excluding hydrogens is 319 g/mol. The van der Waals surface area contributed by atoms with Gasteiger partial charge in [0.05, 0.1) is 0 Å². The first-order chi connectivity index (χ1) is 6.93. The second-order valence-electron chi connectivity index (χ2n) is 3.19. The third kappa shape index (κ3) is 2.09. The van der Waals surface area contributed by atoms with Gasteiger partial charge in [-0.3, -0.25) is 0 Å². The van der Waals surface area contributed by atoms with Crippen molar-refractivity contribution in [3.63, 3.8) is 0 Å². The monoisotopic (exact) mass is 329 g/mol. The molecule has 0 atom stereocenters. The second-order valence-corrected chi connectivity index (χ2v) is 10.5. The molecule has 0 aliphatic rings. The van der Waals surface area contributed by atoms with Gasteiger partial charge < -0.3 is 0 Å². The molecule has 1 aromatic rings. The Morgan fingerprint density at radius 2 is 0.812 bits per heavy atom. The van der Waals surface area contributed by atoms with Gasteiger partial charge in [-0.2, -0.15) is 0 Å². The Bertz CT molecular complexity index is 430. The average Bonchev–Trinajstić information content (AvgIpc) is 2.08. The summed E-state index contributed by atoms with van der Waals surface area (Å²) in [5.74, 6) is -11.1. The van der Waals surface area contributed by atoms with Gasteiger partial charge in [-0.05, 0) is 0 Å². The first-order valence-corrected chi connectivity index (χ1v) is 9.23. The average molecular weight is 327 g/mol. The normalized spacial score (nSPS) is 14.7. The number of rotatable bonds is 1. The molecule has 8 N–H and O–H groups in total. The zero-order valence-electron chi connectivity index (χ0n) is 7.61. The van der Waals surface area contributed by atoms with E-state index in [1.54, 1.807) is 0 Å². The number of hydrogen-bond acceptors (Lipinski definition) is 4. The SMILES string of the molecule is [NH2][Mo]([NH2])([NH2])([NH2])[c]1c(F)c(F)c(F)c(F)c1F. The predicted molar refractivity (Wildman–Crippen MR) is 42.6 cm³/mol. The van der Waals surface area contributed by atoms with Gasteiger partial charge in [0, 0.05) is 0 Å². The quantitative estimate of drug-likeness (QED) is 0.234. The molecule has 0 spiro atoms. The Morgan fingerprint density at radius 1 is 0.562 bits per heavy atom. The maximum atomic E-state index is 13.2. The molecule has 16 heavy (non-hydrogen) atoms. The van der Waals surface area contributed by atoms with E-state index in [2.05, 4.69) is 0 Å². The van der Waals surface area contributed by atoms with E-state index in [4.69, 9.17) is 17.2 Å². The van der Waals surface area contributed by atoms with Crippen molar-refractivity contribution in [1.29, 1.82) is 0 Å². The van der Waals surface area contributed by atoms with Crippen LogP contribution in [0.1, 0.15) is 0 Å². The fourth-order valence-corrected chi connectivity index (χ4v) is 3.47. The van der Waals surface area contributed by atoms with Crippen molar-refractivity contribution in [2.45, 2.75) is 0 Å². The van der Waals surface area contributed by atoms with Gasteiger partial charge in [-0.25, -0.2) is 0 Å². The summed E-state index contributed by atoms with van der Waals surface area (Å²) in [6.07, 6.45) is 0. The molecule has 0 aliphatic heterocycles. The Morgan fingerprint density at radius 3 is 1.06 bits per heavy atom. The summed E-state index contributed by atoms with van der Waals surface area (Å²) in [7, 11) is 0. The molecule has 93 valence electrons. The summed E-state index contributed by atoms with van der Waals surface area (Å²) in [5, 5.41) is 0. The molecule has 0 unspecified atom stereocenters. The van der Waals surface area contributed by atoms with E-state index < -0.39 is 48.9 Å². The van der Waals surface area contributed by atoms with Crippen LogP contribution in [0.25, 0.3) is 0 Å². The van der Waals surface area contributed by atoms with Crippen molar-refractivity contribution in [3.8, 4) is 0 Å². The van der Waals surface area contributed by atoms with Crippen LogP contribution in [-0.4, -0.2) is 0 Å². The Labute approximate surface area is 88.4 Å². The third-order valence-electron chi connectivity index (χ3n) is 1.64. The van der Waals surface area contributed by atoms with Crippen molar-refractivity contribution in [2.24, 2.45) is 17.2 Å². The molecule has 0 aliphatic carbocycles. The summed E-state index contributed by atoms with van der Waals surface area (Å²) in [5.41, 5.74) is 0. The van der Waals surface area contributed by atoms with Crippen LogP contribution in [0.4, 0.5) is 22.0 Å². The van der Waals surface area contributed by atoms with Gasteiger partial charge in [0.15, 0.2) is 0 Å². The topological polar surface area (TPSA) is 104 Å². The minimum atomic E-state index is -5.80. The van der Waals surface area contributed by atoms with Gasteiger partial charge >= 0.3 is 88.0 Å². The molecule has 0 radical (unpaired) electrons. The van der Waals surface area contributed by atoms with Crippen molar-refractivity contribution in [3.05, 3.63) is 29.1 Å². The minimum absolute atomic E-state index is 1.50. The van der Waals surface area contributed by atoms with Crippen LogP contribution in [-0.2, 0) is 15.8 Å². The zero-order chi connectivity index (χ0) is 12.9. The van der Waals surface area contributed by atoms with Crippen molar-refractivity contribution in [1.82, 2.24) is 0 Å². The van der Waals surface area contributed by atoms with E-state index in [-0.39, 0.29) is 0 Å². The first-order valence-electron chi connectivity index (χ1n) is 3.59. The van der Waals surface area contributed by atoms with Gasteiger partial charge in [-0.1, -0.05) is 0 Å². The van der Waals surface area contributed by atoms with E-state index in [0.29, 0.717) is 0 Å². The number of hydrogen-bond donors (Lipinski definition) is 4. The Hall–Kier alpha value is -0.602. The Kier molecular flexibility index (Phi) is 2.90. The van der Waals surface area contributed by atoms with E-state index >= 15 is 0 Å². The van der Waals surface area contributed by atoms with Gasteiger partial charge in [0.1, 0.15) is 0 Å². The molecular formula is C6H8F5MoN4. The zero-order valence-corrected chi connectivity index (χ0v) is 9.61. The molecule has 0 heterocycles. The van der Waals surface area contributed by atoms with Crippen LogP contribution in [0.15, 0.2) is 0 Å². The van der Waals surface area contributed by atoms with Crippen LogP contribution < -0.4 is 21.1 Å². The summed E-state index contributed by atoms with van der Waals surface area (Å²) >= 11 is -5.80. The molecule has 0 fully saturated rings. The summed E-state index contributed by atoms with van der Waals surface area (Å²) in [6.45, 7) is 0. The number of nitrogens with two attached hydrogens (primary N) is 4. The maximum absolute atomic E-state index is 13.2. The van der Waals surface area contributed by atoms with E-state index in [1.807, 2.05) is 0 Å². The summed E-state index contributed by atoms with van der Waals surface area (Å²) in [4.78, 5) is 0. The summed E-state index contributed by atoms with van der Waals surface area (Å²) < 4.78 is 83.3. The predicted octanol–water partition coefficient (Wildman–Crippen LogP) is -0.808. The molecule has 10 heteroatoms. The van der Waals surface area contributed by atoms with E-state index in [9.17, 15) is 22.0 Å². The van der Waals surface area contributed by atoms with Crippen molar-refractivity contribution < 1.29 is 37.8 Å². The van der Waals surface area contributed by atoms with Crippen molar-refractivity contribution >= 4 is 3.95 Å². The molecule has 0 saturated carbocycles. The van der Waals surface area contributed by atoms with Gasteiger partial charge in [0.2, 0.25) is 0 Å². The molecule has 0 aromatic heterocycles. The van der Waals surface area contributed by atoms with Crippen molar-refractivity contribution in [2.75, 3.05) is 0 Å². The molecule has 0 bridgehead atoms. The molecule has 4 nitrogen and oxygen atoms in total. The standard InChI is InChI=1S/C6F5.Mo.4H2N/c7-2-1-3(8)5(10)6(11)4(2)9;;;;;/h;;4*1H2/q;+4;4*-1. The molecule has 0 amide bonds. The van der Waals surface area contributed by atoms with Gasteiger partial charge in [-0.15, -0.1) is 0 Å². The van der Waals surface area contributed by atoms with Crippen LogP contribution in [0.3, 0.4) is 0 Å². The summed E-state index contributed by atoms with van der Waals surface area (Å²) in [6, 6.07) is 0. The number of halogens is 5. The molecule has 0 saturated heterocycles.